The summed E-state index contributed by atoms with van der Waals surface area (Å²) in [6.45, 7) is 0. The van der Waals surface area contributed by atoms with Gasteiger partial charge in [-0.15, -0.1) is 0 Å². The molecule has 0 spiro atoms. The average Bonchev–Trinajstić information content (AvgIpc) is 2.79. The van der Waals surface area contributed by atoms with Gasteiger partial charge in [-0.1, -0.05) is 34.1 Å². The number of halogens is 3. The van der Waals surface area contributed by atoms with Gasteiger partial charge in [0, 0.05) is 4.47 Å². The van der Waals surface area contributed by atoms with E-state index in [1.165, 1.54) is 6.08 Å². The molecule has 0 aliphatic heterocycles. The molecule has 2 atom stereocenters. The first-order chi connectivity index (χ1) is 7.57. The number of aldehydes is 1. The van der Waals surface area contributed by atoms with Crippen LogP contribution in [0.15, 0.2) is 40.9 Å². The Balaban J connectivity index is 2.20. The number of carbonyl (C=O) groups excluding carboxylic acids is 1. The predicted molar refractivity (Wildman–Crippen MR) is 60.5 cm³/mol. The standard InChI is InChI=1S/C12H9BrF2O/c13-9-5-3-8(4-6-9)11-10(2-1-7-16)12(11,14)15/h1-7,10-11H/b2-1+/t10-,11?/m1/s1. The largest absolute Gasteiger partial charge is 0.299 e. The molecule has 1 saturated carbocycles. The highest BCUT2D eigenvalue weighted by Crippen LogP contribution is 2.62. The molecule has 1 fully saturated rings. The van der Waals surface area contributed by atoms with Gasteiger partial charge in [0.25, 0.3) is 5.92 Å². The molecule has 0 heterocycles. The van der Waals surface area contributed by atoms with Crippen LogP contribution in [0.1, 0.15) is 11.5 Å². The van der Waals surface area contributed by atoms with Crippen molar-refractivity contribution in [3.05, 3.63) is 46.5 Å². The Morgan fingerprint density at radius 3 is 2.44 bits per heavy atom. The molecule has 1 aliphatic carbocycles. The Labute approximate surface area is 100 Å². The third-order valence-corrected chi connectivity index (χ3v) is 3.26. The molecule has 0 bridgehead atoms. The minimum atomic E-state index is -2.73. The van der Waals surface area contributed by atoms with Crippen molar-refractivity contribution < 1.29 is 13.6 Å². The van der Waals surface area contributed by atoms with Crippen molar-refractivity contribution in [2.24, 2.45) is 5.92 Å². The van der Waals surface area contributed by atoms with Crippen molar-refractivity contribution in [3.63, 3.8) is 0 Å². The van der Waals surface area contributed by atoms with Gasteiger partial charge in [-0.25, -0.2) is 8.78 Å². The molecule has 2 rings (SSSR count). The molecule has 4 heteroatoms. The first kappa shape index (κ1) is 11.5. The fourth-order valence-electron chi connectivity index (χ4n) is 1.85. The quantitative estimate of drug-likeness (QED) is 0.613. The Bertz CT molecular complexity index is 425. The molecule has 16 heavy (non-hydrogen) atoms. The molecule has 84 valence electrons. The van der Waals surface area contributed by atoms with E-state index in [0.717, 1.165) is 10.5 Å². The van der Waals surface area contributed by atoms with Crippen LogP contribution in [0.3, 0.4) is 0 Å². The normalized spacial score (nSPS) is 26.9. The number of rotatable bonds is 3. The lowest BCUT2D eigenvalue weighted by molar-refractivity contribution is -0.104. The van der Waals surface area contributed by atoms with E-state index in [9.17, 15) is 13.6 Å². The van der Waals surface area contributed by atoms with Crippen molar-refractivity contribution in [1.29, 1.82) is 0 Å². The summed E-state index contributed by atoms with van der Waals surface area (Å²) < 4.78 is 27.6. The number of hydrogen-bond donors (Lipinski definition) is 0. The fourth-order valence-corrected chi connectivity index (χ4v) is 2.12. The van der Waals surface area contributed by atoms with Crippen molar-refractivity contribution in [2.75, 3.05) is 0 Å². The van der Waals surface area contributed by atoms with Crippen LogP contribution in [0.25, 0.3) is 0 Å². The highest BCUT2D eigenvalue weighted by Gasteiger charge is 2.67. The molecular weight excluding hydrogens is 278 g/mol. The summed E-state index contributed by atoms with van der Waals surface area (Å²) in [6.07, 6.45) is 2.93. The molecule has 0 saturated heterocycles. The molecule has 0 radical (unpaired) electrons. The number of allylic oxidation sites excluding steroid dienone is 2. The third-order valence-electron chi connectivity index (χ3n) is 2.74. The minimum Gasteiger partial charge on any atom is -0.299 e. The van der Waals surface area contributed by atoms with Crippen LogP contribution in [0.5, 0.6) is 0 Å². The van der Waals surface area contributed by atoms with Crippen LogP contribution >= 0.6 is 15.9 Å². The van der Waals surface area contributed by atoms with Crippen LogP contribution < -0.4 is 0 Å². The van der Waals surface area contributed by atoms with Crippen molar-refractivity contribution in [1.82, 2.24) is 0 Å². The maximum Gasteiger partial charge on any atom is 0.262 e. The van der Waals surface area contributed by atoms with E-state index in [-0.39, 0.29) is 0 Å². The smallest absolute Gasteiger partial charge is 0.262 e. The summed E-state index contributed by atoms with van der Waals surface area (Å²) in [5.41, 5.74) is 0.605. The molecule has 1 nitrogen and oxygen atoms in total. The maximum absolute atomic E-state index is 13.4. The van der Waals surface area contributed by atoms with Crippen LogP contribution in [0.2, 0.25) is 0 Å². The Morgan fingerprint density at radius 1 is 1.25 bits per heavy atom. The summed E-state index contributed by atoms with van der Waals surface area (Å²) >= 11 is 3.25. The summed E-state index contributed by atoms with van der Waals surface area (Å²) in [7, 11) is 0. The van der Waals surface area contributed by atoms with Gasteiger partial charge in [0.1, 0.15) is 6.29 Å². The zero-order valence-corrected chi connectivity index (χ0v) is 9.82. The lowest BCUT2D eigenvalue weighted by Crippen LogP contribution is -1.93. The second-order valence-electron chi connectivity index (χ2n) is 3.75. The summed E-state index contributed by atoms with van der Waals surface area (Å²) in [5.74, 6) is -4.37. The topological polar surface area (TPSA) is 17.1 Å². The molecular formula is C12H9BrF2O. The first-order valence-electron chi connectivity index (χ1n) is 4.82. The number of carbonyl (C=O) groups is 1. The van der Waals surface area contributed by atoms with E-state index >= 15 is 0 Å². The summed E-state index contributed by atoms with van der Waals surface area (Å²) in [6, 6.07) is 6.84. The van der Waals surface area contributed by atoms with Gasteiger partial charge in [0.15, 0.2) is 0 Å². The second kappa shape index (κ2) is 4.09. The summed E-state index contributed by atoms with van der Waals surface area (Å²) in [5, 5.41) is 0. The van der Waals surface area contributed by atoms with Gasteiger partial charge in [-0.3, -0.25) is 4.79 Å². The van der Waals surface area contributed by atoms with Gasteiger partial charge >= 0.3 is 0 Å². The Kier molecular flexibility index (Phi) is 2.93. The molecule has 1 aromatic carbocycles. The van der Waals surface area contributed by atoms with Gasteiger partial charge < -0.3 is 0 Å². The Hall–Kier alpha value is -1.03. The van der Waals surface area contributed by atoms with Crippen molar-refractivity contribution in [3.8, 4) is 0 Å². The fraction of sp³-hybridized carbons (Fsp3) is 0.250. The van der Waals surface area contributed by atoms with Gasteiger partial charge in [-0.2, -0.15) is 0 Å². The lowest BCUT2D eigenvalue weighted by atomic mass is 10.1. The molecule has 1 aromatic rings. The van der Waals surface area contributed by atoms with Crippen molar-refractivity contribution in [2.45, 2.75) is 11.8 Å². The van der Waals surface area contributed by atoms with Crippen LogP contribution in [-0.2, 0) is 4.79 Å². The lowest BCUT2D eigenvalue weighted by Gasteiger charge is -1.98. The number of benzene rings is 1. The first-order valence-corrected chi connectivity index (χ1v) is 5.62. The van der Waals surface area contributed by atoms with Crippen LogP contribution in [-0.4, -0.2) is 12.2 Å². The number of hydrogen-bond acceptors (Lipinski definition) is 1. The van der Waals surface area contributed by atoms with Crippen LogP contribution in [0, 0.1) is 5.92 Å². The molecule has 0 N–H and O–H groups in total. The van der Waals surface area contributed by atoms with Crippen LogP contribution in [0.4, 0.5) is 8.78 Å². The molecule has 0 amide bonds. The maximum atomic E-state index is 13.4. The second-order valence-corrected chi connectivity index (χ2v) is 4.67. The highest BCUT2D eigenvalue weighted by molar-refractivity contribution is 9.10. The zero-order chi connectivity index (χ0) is 11.8. The average molecular weight is 287 g/mol. The van der Waals surface area contributed by atoms with Gasteiger partial charge in [0.2, 0.25) is 0 Å². The predicted octanol–water partition coefficient (Wildman–Crippen LogP) is 3.55. The van der Waals surface area contributed by atoms with E-state index in [1.807, 2.05) is 0 Å². The van der Waals surface area contributed by atoms with E-state index in [4.69, 9.17) is 0 Å². The molecule has 1 unspecified atom stereocenters. The van der Waals surface area contributed by atoms with E-state index in [0.29, 0.717) is 11.8 Å². The third kappa shape index (κ3) is 1.94. The van der Waals surface area contributed by atoms with Gasteiger partial charge in [-0.05, 0) is 23.8 Å². The summed E-state index contributed by atoms with van der Waals surface area (Å²) in [4.78, 5) is 10.1. The SMILES string of the molecule is O=C/C=C/[C@@H]1C(c2ccc(Br)cc2)C1(F)F. The monoisotopic (exact) mass is 286 g/mol. The van der Waals surface area contributed by atoms with Gasteiger partial charge in [0.05, 0.1) is 11.8 Å². The van der Waals surface area contributed by atoms with Crippen molar-refractivity contribution >= 4 is 22.2 Å². The number of alkyl halides is 2. The minimum absolute atomic E-state index is 0.521. The zero-order valence-electron chi connectivity index (χ0n) is 8.24. The van der Waals surface area contributed by atoms with E-state index in [1.54, 1.807) is 24.3 Å². The highest BCUT2D eigenvalue weighted by atomic mass is 79.9. The molecule has 0 aromatic heterocycles. The molecule has 1 aliphatic rings. The van der Waals surface area contributed by atoms with E-state index < -0.39 is 17.8 Å². The van der Waals surface area contributed by atoms with E-state index in [2.05, 4.69) is 15.9 Å². The Morgan fingerprint density at radius 2 is 1.88 bits per heavy atom.